The Bertz CT molecular complexity index is 801. The normalized spacial score (nSPS) is 13.9. The summed E-state index contributed by atoms with van der Waals surface area (Å²) in [7, 11) is 0. The standard InChI is InChI=1S/C21H25N3O3/c1-2-16-7-3-5-9-18(16)23-20(25)15-22-19-10-6-4-8-17(19)21(26)24-11-13-27-14-12-24/h3-10,22H,2,11-15H2,1H3,(H,23,25). The van der Waals surface area contributed by atoms with Crippen molar-refractivity contribution < 1.29 is 14.3 Å². The lowest BCUT2D eigenvalue weighted by Gasteiger charge is -2.27. The predicted octanol–water partition coefficient (Wildman–Crippen LogP) is 2.77. The highest BCUT2D eigenvalue weighted by Gasteiger charge is 2.21. The number of nitrogens with one attached hydrogen (secondary N) is 2. The van der Waals surface area contributed by atoms with Crippen LogP contribution in [0.2, 0.25) is 0 Å². The lowest BCUT2D eigenvalue weighted by atomic mass is 10.1. The van der Waals surface area contributed by atoms with Gasteiger partial charge in [-0.05, 0) is 30.2 Å². The molecule has 2 aromatic rings. The molecule has 6 heteroatoms. The topological polar surface area (TPSA) is 70.7 Å². The number of rotatable bonds is 6. The van der Waals surface area contributed by atoms with Crippen molar-refractivity contribution in [3.8, 4) is 0 Å². The first-order valence-electron chi connectivity index (χ1n) is 9.26. The van der Waals surface area contributed by atoms with Gasteiger partial charge in [0.05, 0.1) is 25.3 Å². The fraction of sp³-hybridized carbons (Fsp3) is 0.333. The van der Waals surface area contributed by atoms with E-state index in [1.54, 1.807) is 11.0 Å². The highest BCUT2D eigenvalue weighted by molar-refractivity contribution is 6.01. The van der Waals surface area contributed by atoms with Crippen molar-refractivity contribution in [3.05, 3.63) is 59.7 Å². The molecule has 1 saturated heterocycles. The summed E-state index contributed by atoms with van der Waals surface area (Å²) in [5.41, 5.74) is 3.15. The molecule has 3 rings (SSSR count). The van der Waals surface area contributed by atoms with Gasteiger partial charge in [-0.2, -0.15) is 0 Å². The average molecular weight is 367 g/mol. The smallest absolute Gasteiger partial charge is 0.256 e. The van der Waals surface area contributed by atoms with Crippen LogP contribution in [-0.2, 0) is 16.0 Å². The van der Waals surface area contributed by atoms with Crippen molar-refractivity contribution in [1.29, 1.82) is 0 Å². The first-order valence-corrected chi connectivity index (χ1v) is 9.26. The van der Waals surface area contributed by atoms with Gasteiger partial charge in [0.2, 0.25) is 5.91 Å². The van der Waals surface area contributed by atoms with E-state index in [0.717, 1.165) is 17.7 Å². The molecule has 0 aliphatic carbocycles. The Hall–Kier alpha value is -2.86. The number of benzene rings is 2. The molecule has 142 valence electrons. The van der Waals surface area contributed by atoms with Crippen LogP contribution in [0.25, 0.3) is 0 Å². The second-order valence-corrected chi connectivity index (χ2v) is 6.36. The lowest BCUT2D eigenvalue weighted by Crippen LogP contribution is -2.41. The van der Waals surface area contributed by atoms with E-state index in [4.69, 9.17) is 4.74 Å². The second-order valence-electron chi connectivity index (χ2n) is 6.36. The van der Waals surface area contributed by atoms with Crippen molar-refractivity contribution in [1.82, 2.24) is 4.90 Å². The van der Waals surface area contributed by atoms with Gasteiger partial charge < -0.3 is 20.3 Å². The highest BCUT2D eigenvalue weighted by atomic mass is 16.5. The number of amides is 2. The Morgan fingerprint density at radius 1 is 1.00 bits per heavy atom. The molecule has 27 heavy (non-hydrogen) atoms. The van der Waals surface area contributed by atoms with Crippen LogP contribution in [0.5, 0.6) is 0 Å². The number of nitrogens with zero attached hydrogens (tertiary/aromatic N) is 1. The minimum absolute atomic E-state index is 0.0434. The van der Waals surface area contributed by atoms with E-state index in [9.17, 15) is 9.59 Å². The van der Waals surface area contributed by atoms with Crippen LogP contribution in [0.1, 0.15) is 22.8 Å². The number of hydrogen-bond acceptors (Lipinski definition) is 4. The Morgan fingerprint density at radius 3 is 2.41 bits per heavy atom. The van der Waals surface area contributed by atoms with Gasteiger partial charge in [0.1, 0.15) is 0 Å². The van der Waals surface area contributed by atoms with Crippen molar-refractivity contribution in [2.24, 2.45) is 0 Å². The molecule has 0 unspecified atom stereocenters. The maximum absolute atomic E-state index is 12.8. The third-order valence-corrected chi connectivity index (χ3v) is 4.57. The molecular weight excluding hydrogens is 342 g/mol. The fourth-order valence-corrected chi connectivity index (χ4v) is 3.08. The van der Waals surface area contributed by atoms with Gasteiger partial charge in [-0.3, -0.25) is 9.59 Å². The van der Waals surface area contributed by atoms with Gasteiger partial charge in [0.15, 0.2) is 0 Å². The van der Waals surface area contributed by atoms with E-state index < -0.39 is 0 Å². The Kier molecular flexibility index (Phi) is 6.44. The molecule has 0 saturated carbocycles. The summed E-state index contributed by atoms with van der Waals surface area (Å²) in [6, 6.07) is 15.0. The molecule has 0 spiro atoms. The van der Waals surface area contributed by atoms with Crippen molar-refractivity contribution in [3.63, 3.8) is 0 Å². The third kappa shape index (κ3) is 4.86. The fourth-order valence-electron chi connectivity index (χ4n) is 3.08. The SMILES string of the molecule is CCc1ccccc1NC(=O)CNc1ccccc1C(=O)N1CCOCC1. The molecule has 0 radical (unpaired) electrons. The second kappa shape index (κ2) is 9.19. The van der Waals surface area contributed by atoms with Crippen LogP contribution in [0, 0.1) is 0 Å². The lowest BCUT2D eigenvalue weighted by molar-refractivity contribution is -0.114. The number of carbonyl (C=O) groups is 2. The Morgan fingerprint density at radius 2 is 1.67 bits per heavy atom. The molecule has 0 aromatic heterocycles. The Balaban J connectivity index is 1.64. The molecule has 1 aliphatic rings. The molecule has 0 bridgehead atoms. The minimum Gasteiger partial charge on any atom is -0.378 e. The van der Waals surface area contributed by atoms with Gasteiger partial charge in [-0.1, -0.05) is 37.3 Å². The molecule has 1 aliphatic heterocycles. The molecule has 2 amide bonds. The first kappa shape index (κ1) is 18.9. The Labute approximate surface area is 159 Å². The number of hydrogen-bond donors (Lipinski definition) is 2. The first-order chi connectivity index (χ1) is 13.2. The number of para-hydroxylation sites is 2. The molecule has 6 nitrogen and oxygen atoms in total. The largest absolute Gasteiger partial charge is 0.378 e. The number of morpholine rings is 1. The number of aryl methyl sites for hydroxylation is 1. The number of anilines is 2. The van der Waals surface area contributed by atoms with Gasteiger partial charge >= 0.3 is 0 Å². The van der Waals surface area contributed by atoms with Gasteiger partial charge in [0.25, 0.3) is 5.91 Å². The zero-order valence-corrected chi connectivity index (χ0v) is 15.5. The molecule has 2 N–H and O–H groups in total. The van der Waals surface area contributed by atoms with Gasteiger partial charge in [-0.25, -0.2) is 0 Å². The third-order valence-electron chi connectivity index (χ3n) is 4.57. The van der Waals surface area contributed by atoms with Gasteiger partial charge in [-0.15, -0.1) is 0 Å². The van der Waals surface area contributed by atoms with Crippen LogP contribution < -0.4 is 10.6 Å². The maximum Gasteiger partial charge on any atom is 0.256 e. The summed E-state index contributed by atoms with van der Waals surface area (Å²) in [4.78, 5) is 26.9. The monoisotopic (exact) mass is 367 g/mol. The van der Waals surface area contributed by atoms with Gasteiger partial charge in [0, 0.05) is 24.5 Å². The maximum atomic E-state index is 12.8. The summed E-state index contributed by atoms with van der Waals surface area (Å²) in [6.45, 7) is 4.42. The van der Waals surface area contributed by atoms with E-state index in [0.29, 0.717) is 37.6 Å². The summed E-state index contributed by atoms with van der Waals surface area (Å²) in [5, 5.41) is 6.03. The minimum atomic E-state index is -0.149. The molecule has 1 fully saturated rings. The van der Waals surface area contributed by atoms with Crippen LogP contribution in [-0.4, -0.2) is 49.6 Å². The molecule has 0 atom stereocenters. The van der Waals surface area contributed by atoms with E-state index in [1.165, 1.54) is 0 Å². The molecule has 1 heterocycles. The van der Waals surface area contributed by atoms with Crippen LogP contribution in [0.15, 0.2) is 48.5 Å². The van der Waals surface area contributed by atoms with E-state index in [2.05, 4.69) is 17.6 Å². The van der Waals surface area contributed by atoms with Crippen molar-refractivity contribution in [2.75, 3.05) is 43.5 Å². The molecular formula is C21H25N3O3. The summed E-state index contributed by atoms with van der Waals surface area (Å²) in [5.74, 6) is -0.192. The molecule has 2 aromatic carbocycles. The summed E-state index contributed by atoms with van der Waals surface area (Å²) < 4.78 is 5.31. The van der Waals surface area contributed by atoms with Crippen LogP contribution in [0.4, 0.5) is 11.4 Å². The van der Waals surface area contributed by atoms with E-state index >= 15 is 0 Å². The quantitative estimate of drug-likeness (QED) is 0.824. The predicted molar refractivity (Wildman–Crippen MR) is 106 cm³/mol. The summed E-state index contributed by atoms with van der Waals surface area (Å²) in [6.07, 6.45) is 0.848. The number of carbonyl (C=O) groups excluding carboxylic acids is 2. The van der Waals surface area contributed by atoms with E-state index in [1.807, 2.05) is 42.5 Å². The highest BCUT2D eigenvalue weighted by Crippen LogP contribution is 2.19. The zero-order chi connectivity index (χ0) is 19.1. The van der Waals surface area contributed by atoms with E-state index in [-0.39, 0.29) is 18.4 Å². The van der Waals surface area contributed by atoms with Crippen molar-refractivity contribution in [2.45, 2.75) is 13.3 Å². The van der Waals surface area contributed by atoms with Crippen LogP contribution >= 0.6 is 0 Å². The zero-order valence-electron chi connectivity index (χ0n) is 15.5. The summed E-state index contributed by atoms with van der Waals surface area (Å²) >= 11 is 0. The average Bonchev–Trinajstić information content (AvgIpc) is 2.73. The van der Waals surface area contributed by atoms with Crippen molar-refractivity contribution >= 4 is 23.2 Å². The van der Waals surface area contributed by atoms with Crippen LogP contribution in [0.3, 0.4) is 0 Å². The number of ether oxygens (including phenoxy) is 1.